The lowest BCUT2D eigenvalue weighted by Crippen LogP contribution is -2.14. The Hall–Kier alpha value is -2.90. The average Bonchev–Trinajstić information content (AvgIpc) is 2.85. The molecule has 1 N–H and O–H groups in total. The number of pyridine rings is 1. The van der Waals surface area contributed by atoms with Gasteiger partial charge in [0.15, 0.2) is 0 Å². The van der Waals surface area contributed by atoms with Gasteiger partial charge < -0.3 is 9.84 Å². The molecule has 0 saturated heterocycles. The highest BCUT2D eigenvalue weighted by molar-refractivity contribution is 6.08. The minimum Gasteiger partial charge on any atom is -0.478 e. The fourth-order valence-electron chi connectivity index (χ4n) is 2.77. The van der Waals surface area contributed by atoms with Gasteiger partial charge in [-0.25, -0.2) is 9.59 Å². The number of cyclic esters (lactones) is 1. The Morgan fingerprint density at radius 1 is 1.25 bits per heavy atom. The highest BCUT2D eigenvalue weighted by atomic mass is 19.4. The molecule has 2 heterocycles. The number of carboxylic acids is 1. The number of ether oxygens (including phenoxy) is 1. The van der Waals surface area contributed by atoms with Crippen LogP contribution in [0.5, 0.6) is 0 Å². The summed E-state index contributed by atoms with van der Waals surface area (Å²) in [5, 5.41) is 9.45. The predicted octanol–water partition coefficient (Wildman–Crippen LogP) is 3.44. The smallest absolute Gasteiger partial charge is 0.417 e. The molecule has 0 unspecified atom stereocenters. The number of hydrogen-bond donors (Lipinski definition) is 1. The fourth-order valence-corrected chi connectivity index (χ4v) is 2.77. The number of aromatic nitrogens is 1. The lowest BCUT2D eigenvalue weighted by Gasteiger charge is -2.17. The van der Waals surface area contributed by atoms with Crippen LogP contribution in [-0.2, 0) is 17.5 Å². The first-order valence-corrected chi connectivity index (χ1v) is 6.82. The summed E-state index contributed by atoms with van der Waals surface area (Å²) < 4.78 is 44.8. The van der Waals surface area contributed by atoms with Crippen LogP contribution in [0.25, 0.3) is 11.1 Å². The Morgan fingerprint density at radius 2 is 1.92 bits per heavy atom. The Kier molecular flexibility index (Phi) is 3.55. The number of esters is 1. The third kappa shape index (κ3) is 2.40. The summed E-state index contributed by atoms with van der Waals surface area (Å²) in [6.07, 6.45) is -4.71. The first kappa shape index (κ1) is 16.0. The van der Waals surface area contributed by atoms with Crippen molar-refractivity contribution in [2.75, 3.05) is 0 Å². The van der Waals surface area contributed by atoms with Crippen molar-refractivity contribution in [1.82, 2.24) is 4.98 Å². The SMILES string of the molecule is Cc1nc2c(c(-c3ccccc3C(F)(F)F)c1C(=O)O)C(=O)OC2. The second-order valence-corrected chi connectivity index (χ2v) is 5.19. The largest absolute Gasteiger partial charge is 0.478 e. The summed E-state index contributed by atoms with van der Waals surface area (Å²) >= 11 is 0. The van der Waals surface area contributed by atoms with E-state index in [4.69, 9.17) is 4.74 Å². The maximum atomic E-state index is 13.3. The van der Waals surface area contributed by atoms with Gasteiger partial charge in [-0.1, -0.05) is 18.2 Å². The van der Waals surface area contributed by atoms with Gasteiger partial charge in [-0.05, 0) is 18.6 Å². The van der Waals surface area contributed by atoms with Crippen molar-refractivity contribution in [3.63, 3.8) is 0 Å². The highest BCUT2D eigenvalue weighted by Crippen LogP contribution is 2.42. The van der Waals surface area contributed by atoms with Crippen molar-refractivity contribution in [3.8, 4) is 11.1 Å². The number of nitrogens with zero attached hydrogens (tertiary/aromatic N) is 1. The predicted molar refractivity (Wildman–Crippen MR) is 75.5 cm³/mol. The Balaban J connectivity index is 2.46. The number of halogens is 3. The van der Waals surface area contributed by atoms with E-state index in [9.17, 15) is 27.9 Å². The van der Waals surface area contributed by atoms with Crippen molar-refractivity contribution < 1.29 is 32.6 Å². The summed E-state index contributed by atoms with van der Waals surface area (Å²) in [5.74, 6) is -2.35. The van der Waals surface area contributed by atoms with Crippen LogP contribution in [0.4, 0.5) is 13.2 Å². The van der Waals surface area contributed by atoms with Crippen molar-refractivity contribution in [2.24, 2.45) is 0 Å². The zero-order chi connectivity index (χ0) is 17.6. The normalized spacial score (nSPS) is 13.6. The molecule has 8 heteroatoms. The van der Waals surface area contributed by atoms with Gasteiger partial charge in [-0.2, -0.15) is 13.2 Å². The number of carbonyl (C=O) groups excluding carboxylic acids is 1. The molecule has 1 aromatic heterocycles. The van der Waals surface area contributed by atoms with Crippen LogP contribution in [-0.4, -0.2) is 22.0 Å². The summed E-state index contributed by atoms with van der Waals surface area (Å²) in [6.45, 7) is 1.17. The minimum atomic E-state index is -4.71. The first-order chi connectivity index (χ1) is 11.2. The molecule has 5 nitrogen and oxygen atoms in total. The molecule has 0 radical (unpaired) electrons. The molecule has 0 fully saturated rings. The number of carboxylic acid groups (broad SMARTS) is 1. The molecular weight excluding hydrogens is 327 g/mol. The van der Waals surface area contributed by atoms with E-state index in [1.165, 1.54) is 19.1 Å². The van der Waals surface area contributed by atoms with Gasteiger partial charge >= 0.3 is 18.1 Å². The van der Waals surface area contributed by atoms with E-state index in [0.29, 0.717) is 0 Å². The molecule has 2 aromatic rings. The van der Waals surface area contributed by atoms with E-state index in [2.05, 4.69) is 4.98 Å². The number of aromatic carboxylic acids is 1. The van der Waals surface area contributed by atoms with Gasteiger partial charge in [-0.3, -0.25) is 4.98 Å². The number of alkyl halides is 3. The van der Waals surface area contributed by atoms with E-state index < -0.39 is 29.2 Å². The van der Waals surface area contributed by atoms with E-state index >= 15 is 0 Å². The minimum absolute atomic E-state index is 0.0199. The average molecular weight is 337 g/mol. The summed E-state index contributed by atoms with van der Waals surface area (Å²) in [5.41, 5.74) is -2.23. The van der Waals surface area contributed by atoms with Gasteiger partial charge in [0.1, 0.15) is 6.61 Å². The number of rotatable bonds is 2. The highest BCUT2D eigenvalue weighted by Gasteiger charge is 2.38. The number of hydrogen-bond acceptors (Lipinski definition) is 4. The van der Waals surface area contributed by atoms with Gasteiger partial charge in [0.05, 0.1) is 28.1 Å². The Bertz CT molecular complexity index is 871. The summed E-state index contributed by atoms with van der Waals surface area (Å²) in [6, 6.07) is 4.51. The van der Waals surface area contributed by atoms with E-state index in [-0.39, 0.29) is 34.7 Å². The third-order valence-corrected chi connectivity index (χ3v) is 3.71. The molecule has 24 heavy (non-hydrogen) atoms. The zero-order valence-corrected chi connectivity index (χ0v) is 12.3. The molecule has 0 spiro atoms. The van der Waals surface area contributed by atoms with Crippen LogP contribution in [0.1, 0.15) is 37.7 Å². The molecule has 0 saturated carbocycles. The monoisotopic (exact) mass is 337 g/mol. The van der Waals surface area contributed by atoms with Gasteiger partial charge in [0.2, 0.25) is 0 Å². The summed E-state index contributed by atoms with van der Waals surface area (Å²) in [7, 11) is 0. The molecule has 0 aliphatic carbocycles. The van der Waals surface area contributed by atoms with Crippen molar-refractivity contribution in [1.29, 1.82) is 0 Å². The third-order valence-electron chi connectivity index (χ3n) is 3.71. The lowest BCUT2D eigenvalue weighted by atomic mass is 9.90. The van der Waals surface area contributed by atoms with Crippen LogP contribution >= 0.6 is 0 Å². The molecule has 0 bridgehead atoms. The lowest BCUT2D eigenvalue weighted by molar-refractivity contribution is -0.137. The van der Waals surface area contributed by atoms with E-state index in [1.54, 1.807) is 0 Å². The number of carbonyl (C=O) groups is 2. The molecule has 1 aliphatic rings. The standard InChI is InChI=1S/C16H10F3NO4/c1-7-11(14(21)22)12(13-10(20-7)6-24-15(13)23)8-4-2-3-5-9(8)16(17,18)19/h2-5H,6H2,1H3,(H,21,22). The number of aryl methyl sites for hydroxylation is 1. The van der Waals surface area contributed by atoms with Crippen molar-refractivity contribution in [2.45, 2.75) is 19.7 Å². The van der Waals surface area contributed by atoms with Crippen LogP contribution in [0, 0.1) is 6.92 Å². The molecule has 124 valence electrons. The number of fused-ring (bicyclic) bond motifs is 1. The number of benzene rings is 1. The van der Waals surface area contributed by atoms with Gasteiger partial charge in [0, 0.05) is 5.56 Å². The molecule has 0 atom stereocenters. The fraction of sp³-hybridized carbons (Fsp3) is 0.188. The second kappa shape index (κ2) is 5.33. The van der Waals surface area contributed by atoms with Gasteiger partial charge in [0.25, 0.3) is 0 Å². The maximum Gasteiger partial charge on any atom is 0.417 e. The van der Waals surface area contributed by atoms with Crippen molar-refractivity contribution >= 4 is 11.9 Å². The van der Waals surface area contributed by atoms with Crippen LogP contribution < -0.4 is 0 Å². The molecule has 0 amide bonds. The van der Waals surface area contributed by atoms with E-state index in [1.807, 2.05) is 0 Å². The molecule has 1 aromatic carbocycles. The second-order valence-electron chi connectivity index (χ2n) is 5.19. The molecular formula is C16H10F3NO4. The van der Waals surface area contributed by atoms with Gasteiger partial charge in [-0.15, -0.1) is 0 Å². The zero-order valence-electron chi connectivity index (χ0n) is 12.3. The Labute approximate surface area is 133 Å². The van der Waals surface area contributed by atoms with Crippen LogP contribution in [0.15, 0.2) is 24.3 Å². The van der Waals surface area contributed by atoms with E-state index in [0.717, 1.165) is 12.1 Å². The Morgan fingerprint density at radius 3 is 2.54 bits per heavy atom. The maximum absolute atomic E-state index is 13.3. The van der Waals surface area contributed by atoms with Crippen molar-refractivity contribution in [3.05, 3.63) is 52.3 Å². The summed E-state index contributed by atoms with van der Waals surface area (Å²) in [4.78, 5) is 27.6. The first-order valence-electron chi connectivity index (χ1n) is 6.82. The topological polar surface area (TPSA) is 76.5 Å². The quantitative estimate of drug-likeness (QED) is 0.850. The van der Waals surface area contributed by atoms with Crippen LogP contribution in [0.2, 0.25) is 0 Å². The van der Waals surface area contributed by atoms with Crippen LogP contribution in [0.3, 0.4) is 0 Å². The molecule has 3 rings (SSSR count). The molecule has 1 aliphatic heterocycles.